The number of H-pyrrole nitrogens is 2. The average Bonchev–Trinajstić information content (AvgIpc) is 2.77. The summed E-state index contributed by atoms with van der Waals surface area (Å²) in [5.74, 6) is 1.09. The summed E-state index contributed by atoms with van der Waals surface area (Å²) < 4.78 is 0.687. The van der Waals surface area contributed by atoms with Crippen molar-refractivity contribution in [1.29, 1.82) is 0 Å². The van der Waals surface area contributed by atoms with Crippen molar-refractivity contribution in [2.24, 2.45) is 5.92 Å². The van der Waals surface area contributed by atoms with E-state index in [1.54, 1.807) is 0 Å². The smallest absolute Gasteiger partial charge is 0.264 e. The van der Waals surface area contributed by atoms with Crippen molar-refractivity contribution >= 4 is 22.6 Å². The fourth-order valence-corrected chi connectivity index (χ4v) is 2.11. The highest BCUT2D eigenvalue weighted by atomic mass is 127. The van der Waals surface area contributed by atoms with Crippen molar-refractivity contribution in [3.8, 4) is 11.5 Å². The molecule has 90 valence electrons. The molecule has 0 bridgehead atoms. The first kappa shape index (κ1) is 12.3. The first-order valence-corrected chi connectivity index (χ1v) is 6.58. The van der Waals surface area contributed by atoms with E-state index in [0.29, 0.717) is 15.3 Å². The van der Waals surface area contributed by atoms with E-state index in [-0.39, 0.29) is 5.56 Å². The summed E-state index contributed by atoms with van der Waals surface area (Å²) in [5, 5.41) is 0. The second kappa shape index (κ2) is 5.03. The Balaban J connectivity index is 2.50. The molecule has 2 aromatic heterocycles. The maximum atomic E-state index is 11.8. The molecule has 17 heavy (non-hydrogen) atoms. The van der Waals surface area contributed by atoms with Crippen LogP contribution in [0.15, 0.2) is 23.1 Å². The fraction of sp³-hybridized carbons (Fsp3) is 0.333. The second-order valence-electron chi connectivity index (χ2n) is 4.36. The molecule has 2 heterocycles. The van der Waals surface area contributed by atoms with E-state index in [4.69, 9.17) is 0 Å². The minimum atomic E-state index is -0.0687. The molecule has 0 aliphatic rings. The third-order valence-electron chi connectivity index (χ3n) is 2.39. The SMILES string of the molecule is CC(C)Cc1nc(-c2ccc[nH]2)[nH]c(=O)c1I. The Morgan fingerprint density at radius 2 is 2.24 bits per heavy atom. The molecule has 0 atom stereocenters. The lowest BCUT2D eigenvalue weighted by Crippen LogP contribution is -2.17. The molecule has 0 fully saturated rings. The maximum absolute atomic E-state index is 11.8. The number of halogens is 1. The van der Waals surface area contributed by atoms with E-state index in [2.05, 4.69) is 51.4 Å². The highest BCUT2D eigenvalue weighted by Crippen LogP contribution is 2.15. The maximum Gasteiger partial charge on any atom is 0.264 e. The molecule has 0 aliphatic heterocycles. The van der Waals surface area contributed by atoms with Crippen LogP contribution < -0.4 is 5.56 Å². The zero-order chi connectivity index (χ0) is 12.4. The van der Waals surface area contributed by atoms with Gasteiger partial charge in [0.1, 0.15) is 0 Å². The molecule has 5 heteroatoms. The van der Waals surface area contributed by atoms with Crippen LogP contribution in [0.1, 0.15) is 19.5 Å². The number of aromatic amines is 2. The second-order valence-corrected chi connectivity index (χ2v) is 5.44. The highest BCUT2D eigenvalue weighted by molar-refractivity contribution is 14.1. The van der Waals surface area contributed by atoms with Gasteiger partial charge in [-0.15, -0.1) is 0 Å². The van der Waals surface area contributed by atoms with E-state index in [1.807, 2.05) is 18.3 Å². The van der Waals surface area contributed by atoms with Crippen molar-refractivity contribution in [3.63, 3.8) is 0 Å². The Bertz CT molecular complexity index is 558. The number of rotatable bonds is 3. The Morgan fingerprint density at radius 1 is 1.47 bits per heavy atom. The Hall–Kier alpha value is -1.11. The largest absolute Gasteiger partial charge is 0.359 e. The zero-order valence-corrected chi connectivity index (χ0v) is 11.9. The fourth-order valence-electron chi connectivity index (χ4n) is 1.63. The van der Waals surface area contributed by atoms with Gasteiger partial charge in [-0.2, -0.15) is 0 Å². The first-order chi connectivity index (χ1) is 8.08. The highest BCUT2D eigenvalue weighted by Gasteiger charge is 2.11. The van der Waals surface area contributed by atoms with Crippen molar-refractivity contribution in [1.82, 2.24) is 15.0 Å². The summed E-state index contributed by atoms with van der Waals surface area (Å²) in [5.41, 5.74) is 1.64. The summed E-state index contributed by atoms with van der Waals surface area (Å²) in [6.45, 7) is 4.24. The van der Waals surface area contributed by atoms with Crippen LogP contribution in [-0.2, 0) is 6.42 Å². The van der Waals surface area contributed by atoms with Crippen LogP contribution >= 0.6 is 22.6 Å². The summed E-state index contributed by atoms with van der Waals surface area (Å²) >= 11 is 2.06. The lowest BCUT2D eigenvalue weighted by molar-refractivity contribution is 0.631. The van der Waals surface area contributed by atoms with Gasteiger partial charge >= 0.3 is 0 Å². The third-order valence-corrected chi connectivity index (χ3v) is 3.50. The van der Waals surface area contributed by atoms with Crippen molar-refractivity contribution in [2.45, 2.75) is 20.3 Å². The van der Waals surface area contributed by atoms with Gasteiger partial charge < -0.3 is 9.97 Å². The quantitative estimate of drug-likeness (QED) is 0.842. The zero-order valence-electron chi connectivity index (χ0n) is 9.75. The van der Waals surface area contributed by atoms with Crippen LogP contribution in [0.4, 0.5) is 0 Å². The molecule has 2 rings (SSSR count). The van der Waals surface area contributed by atoms with Crippen molar-refractivity contribution < 1.29 is 0 Å². The van der Waals surface area contributed by atoms with Gasteiger partial charge in [-0.25, -0.2) is 4.98 Å². The van der Waals surface area contributed by atoms with Crippen LogP contribution in [0.3, 0.4) is 0 Å². The van der Waals surface area contributed by atoms with E-state index in [1.165, 1.54) is 0 Å². The minimum absolute atomic E-state index is 0.0687. The van der Waals surface area contributed by atoms with Gasteiger partial charge in [0.2, 0.25) is 0 Å². The molecule has 0 aromatic carbocycles. The predicted molar refractivity (Wildman–Crippen MR) is 75.9 cm³/mol. The van der Waals surface area contributed by atoms with Gasteiger partial charge in [-0.1, -0.05) is 13.8 Å². The molecule has 2 N–H and O–H groups in total. The summed E-state index contributed by atoms with van der Waals surface area (Å²) in [7, 11) is 0. The van der Waals surface area contributed by atoms with Crippen LogP contribution in [-0.4, -0.2) is 15.0 Å². The number of nitrogens with zero attached hydrogens (tertiary/aromatic N) is 1. The molecular formula is C12H14IN3O. The van der Waals surface area contributed by atoms with E-state index < -0.39 is 0 Å². The molecule has 0 saturated heterocycles. The average molecular weight is 343 g/mol. The van der Waals surface area contributed by atoms with E-state index >= 15 is 0 Å². The molecule has 0 amide bonds. The number of hydrogen-bond donors (Lipinski definition) is 2. The third kappa shape index (κ3) is 2.77. The Labute approximate surface area is 113 Å². The lowest BCUT2D eigenvalue weighted by Gasteiger charge is -2.07. The first-order valence-electron chi connectivity index (χ1n) is 5.50. The van der Waals surface area contributed by atoms with Gasteiger partial charge in [-0.05, 0) is 47.1 Å². The molecule has 0 radical (unpaired) electrons. The Kier molecular flexibility index (Phi) is 3.66. The van der Waals surface area contributed by atoms with Gasteiger partial charge in [0, 0.05) is 6.20 Å². The van der Waals surface area contributed by atoms with Gasteiger partial charge in [-0.3, -0.25) is 4.79 Å². The predicted octanol–water partition coefficient (Wildman–Crippen LogP) is 2.57. The van der Waals surface area contributed by atoms with E-state index in [0.717, 1.165) is 17.8 Å². The number of aromatic nitrogens is 3. The monoisotopic (exact) mass is 343 g/mol. The normalized spacial score (nSPS) is 11.1. The van der Waals surface area contributed by atoms with Crippen molar-refractivity contribution in [3.05, 3.63) is 37.9 Å². The lowest BCUT2D eigenvalue weighted by atomic mass is 10.1. The molecule has 4 nitrogen and oxygen atoms in total. The summed E-state index contributed by atoms with van der Waals surface area (Å²) in [6.07, 6.45) is 2.63. The van der Waals surface area contributed by atoms with Gasteiger partial charge in [0.15, 0.2) is 5.82 Å². The molecule has 2 aromatic rings. The standard InChI is InChI=1S/C12H14IN3O/c1-7(2)6-9-10(13)12(17)16-11(15-9)8-4-3-5-14-8/h3-5,7,14H,6H2,1-2H3,(H,15,16,17). The minimum Gasteiger partial charge on any atom is -0.359 e. The van der Waals surface area contributed by atoms with Crippen LogP contribution in [0.2, 0.25) is 0 Å². The van der Waals surface area contributed by atoms with Crippen LogP contribution in [0, 0.1) is 9.49 Å². The van der Waals surface area contributed by atoms with Gasteiger partial charge in [0.25, 0.3) is 5.56 Å². The summed E-state index contributed by atoms with van der Waals surface area (Å²) in [4.78, 5) is 22.2. The van der Waals surface area contributed by atoms with E-state index in [9.17, 15) is 4.79 Å². The van der Waals surface area contributed by atoms with Gasteiger partial charge in [0.05, 0.1) is 15.0 Å². The van der Waals surface area contributed by atoms with Crippen LogP contribution in [0.5, 0.6) is 0 Å². The molecule has 0 unspecified atom stereocenters. The van der Waals surface area contributed by atoms with Crippen LogP contribution in [0.25, 0.3) is 11.5 Å². The number of hydrogen-bond acceptors (Lipinski definition) is 2. The molecule has 0 aliphatic carbocycles. The van der Waals surface area contributed by atoms with Crippen molar-refractivity contribution in [2.75, 3.05) is 0 Å². The Morgan fingerprint density at radius 3 is 2.82 bits per heavy atom. The number of nitrogens with one attached hydrogen (secondary N) is 2. The molecular weight excluding hydrogens is 329 g/mol. The topological polar surface area (TPSA) is 61.5 Å². The summed E-state index contributed by atoms with van der Waals surface area (Å²) in [6, 6.07) is 3.78. The molecule has 0 saturated carbocycles. The molecule has 0 spiro atoms.